The molecular weight excluding hydrogens is 374 g/mol. The molecule has 0 aliphatic heterocycles. The van der Waals surface area contributed by atoms with Gasteiger partial charge in [0.05, 0.1) is 31.0 Å². The minimum atomic E-state index is -0.210. The number of carbonyl (C=O) groups is 2. The predicted molar refractivity (Wildman–Crippen MR) is 111 cm³/mol. The molecule has 3 aromatic rings. The maximum Gasteiger partial charge on any atom is 0.306 e. The van der Waals surface area contributed by atoms with Gasteiger partial charge in [-0.05, 0) is 29.8 Å². The van der Waals surface area contributed by atoms with E-state index in [0.29, 0.717) is 17.7 Å². The van der Waals surface area contributed by atoms with E-state index in [1.807, 2.05) is 54.6 Å². The van der Waals surface area contributed by atoms with Gasteiger partial charge in [0, 0.05) is 23.4 Å². The van der Waals surface area contributed by atoms with Gasteiger partial charge in [0.25, 0.3) is 5.91 Å². The largest absolute Gasteiger partial charge is 0.469 e. The van der Waals surface area contributed by atoms with Crippen molar-refractivity contribution in [1.82, 2.24) is 9.78 Å². The molecular formula is C21H21N3O3S. The Morgan fingerprint density at radius 3 is 2.75 bits per heavy atom. The number of nitrogens with zero attached hydrogens (tertiary/aromatic N) is 2. The van der Waals surface area contributed by atoms with Gasteiger partial charge in [0.2, 0.25) is 0 Å². The Hall–Kier alpha value is -3.06. The molecule has 0 radical (unpaired) electrons. The van der Waals surface area contributed by atoms with Crippen molar-refractivity contribution in [2.24, 2.45) is 0 Å². The molecule has 0 atom stereocenters. The highest BCUT2D eigenvalue weighted by Gasteiger charge is 2.10. The zero-order chi connectivity index (χ0) is 19.8. The molecule has 1 heterocycles. The summed E-state index contributed by atoms with van der Waals surface area (Å²) >= 11 is 1.65. The number of methoxy groups -OCH3 is 1. The van der Waals surface area contributed by atoms with Crippen molar-refractivity contribution in [3.05, 3.63) is 78.1 Å². The van der Waals surface area contributed by atoms with E-state index in [4.69, 9.17) is 0 Å². The molecule has 0 unspecified atom stereocenters. The molecule has 0 aliphatic rings. The van der Waals surface area contributed by atoms with E-state index in [1.54, 1.807) is 28.8 Å². The molecule has 0 saturated heterocycles. The number of thioether (sulfide) groups is 1. The van der Waals surface area contributed by atoms with Crippen LogP contribution in [-0.4, -0.2) is 34.5 Å². The van der Waals surface area contributed by atoms with E-state index in [1.165, 1.54) is 7.11 Å². The zero-order valence-corrected chi connectivity index (χ0v) is 16.3. The van der Waals surface area contributed by atoms with Crippen molar-refractivity contribution in [3.8, 4) is 5.69 Å². The lowest BCUT2D eigenvalue weighted by atomic mass is 10.2. The third-order valence-corrected chi connectivity index (χ3v) is 5.03. The van der Waals surface area contributed by atoms with Crippen molar-refractivity contribution in [2.45, 2.75) is 12.2 Å². The quantitative estimate of drug-likeness (QED) is 0.462. The minimum Gasteiger partial charge on any atom is -0.469 e. The Labute approximate surface area is 167 Å². The van der Waals surface area contributed by atoms with Gasteiger partial charge in [-0.3, -0.25) is 9.59 Å². The fourth-order valence-electron chi connectivity index (χ4n) is 2.55. The number of benzene rings is 2. The van der Waals surface area contributed by atoms with Gasteiger partial charge in [-0.1, -0.05) is 30.3 Å². The van der Waals surface area contributed by atoms with E-state index in [-0.39, 0.29) is 11.9 Å². The van der Waals surface area contributed by atoms with E-state index in [9.17, 15) is 9.59 Å². The lowest BCUT2D eigenvalue weighted by Gasteiger charge is -2.07. The molecule has 6 nitrogen and oxygen atoms in total. The summed E-state index contributed by atoms with van der Waals surface area (Å²) in [6.07, 6.45) is 3.65. The number of aromatic nitrogens is 2. The molecule has 1 amide bonds. The number of hydrogen-bond donors (Lipinski definition) is 1. The molecule has 3 rings (SSSR count). The molecule has 0 fully saturated rings. The maximum atomic E-state index is 12.5. The summed E-state index contributed by atoms with van der Waals surface area (Å²) < 4.78 is 6.30. The average molecular weight is 395 g/mol. The van der Waals surface area contributed by atoms with Crippen LogP contribution < -0.4 is 5.32 Å². The highest BCUT2D eigenvalue weighted by Crippen LogP contribution is 2.18. The number of amides is 1. The first-order valence-electron chi connectivity index (χ1n) is 8.80. The van der Waals surface area contributed by atoms with Crippen molar-refractivity contribution >= 4 is 29.3 Å². The molecule has 28 heavy (non-hydrogen) atoms. The van der Waals surface area contributed by atoms with E-state index >= 15 is 0 Å². The number of carbonyl (C=O) groups excluding carboxylic acids is 2. The monoisotopic (exact) mass is 395 g/mol. The van der Waals surface area contributed by atoms with Gasteiger partial charge >= 0.3 is 5.97 Å². The second-order valence-electron chi connectivity index (χ2n) is 6.04. The van der Waals surface area contributed by atoms with Crippen LogP contribution in [0.25, 0.3) is 5.69 Å². The number of rotatable bonds is 8. The summed E-state index contributed by atoms with van der Waals surface area (Å²) in [5.41, 5.74) is 3.19. The number of anilines is 1. The van der Waals surface area contributed by atoms with Gasteiger partial charge in [0.1, 0.15) is 0 Å². The van der Waals surface area contributed by atoms with Gasteiger partial charge in [0.15, 0.2) is 0 Å². The van der Waals surface area contributed by atoms with Crippen LogP contribution in [0, 0.1) is 0 Å². The molecule has 2 aromatic carbocycles. The SMILES string of the molecule is COC(=O)CCSCc1cccc(NC(=O)c2cnn(-c3ccccc3)c2)c1. The van der Waals surface area contributed by atoms with Gasteiger partial charge in [-0.2, -0.15) is 16.9 Å². The Morgan fingerprint density at radius 2 is 1.96 bits per heavy atom. The number of hydrogen-bond acceptors (Lipinski definition) is 5. The summed E-state index contributed by atoms with van der Waals surface area (Å²) in [4.78, 5) is 23.7. The maximum absolute atomic E-state index is 12.5. The van der Waals surface area contributed by atoms with Crippen molar-refractivity contribution < 1.29 is 14.3 Å². The van der Waals surface area contributed by atoms with Crippen molar-refractivity contribution in [1.29, 1.82) is 0 Å². The summed E-state index contributed by atoms with van der Waals surface area (Å²) in [5, 5.41) is 7.16. The number of esters is 1. The molecule has 0 spiro atoms. The molecule has 1 N–H and O–H groups in total. The summed E-state index contributed by atoms with van der Waals surface area (Å²) in [6, 6.07) is 17.3. The fourth-order valence-corrected chi connectivity index (χ4v) is 3.42. The highest BCUT2D eigenvalue weighted by molar-refractivity contribution is 7.98. The Morgan fingerprint density at radius 1 is 1.14 bits per heavy atom. The molecule has 1 aromatic heterocycles. The fraction of sp³-hybridized carbons (Fsp3) is 0.190. The number of nitrogens with one attached hydrogen (secondary N) is 1. The predicted octanol–water partition coefficient (Wildman–Crippen LogP) is 3.92. The standard InChI is InChI=1S/C21H21N3O3S/c1-27-20(25)10-11-28-15-16-6-5-7-18(12-16)23-21(26)17-13-22-24(14-17)19-8-3-2-4-9-19/h2-9,12-14H,10-11,15H2,1H3,(H,23,26). The average Bonchev–Trinajstić information content (AvgIpc) is 3.22. The van der Waals surface area contributed by atoms with Crippen LogP contribution in [0.15, 0.2) is 67.0 Å². The highest BCUT2D eigenvalue weighted by atomic mass is 32.2. The molecule has 0 saturated carbocycles. The summed E-state index contributed by atoms with van der Waals surface area (Å²) in [6.45, 7) is 0. The Kier molecular flexibility index (Phi) is 6.86. The topological polar surface area (TPSA) is 73.2 Å². The molecule has 7 heteroatoms. The second kappa shape index (κ2) is 9.75. The zero-order valence-electron chi connectivity index (χ0n) is 15.5. The van der Waals surface area contributed by atoms with Gasteiger partial charge < -0.3 is 10.1 Å². The van der Waals surface area contributed by atoms with E-state index in [2.05, 4.69) is 15.2 Å². The van der Waals surface area contributed by atoms with Crippen LogP contribution in [0.1, 0.15) is 22.3 Å². The van der Waals surface area contributed by atoms with Crippen LogP contribution >= 0.6 is 11.8 Å². The Bertz CT molecular complexity index is 941. The lowest BCUT2D eigenvalue weighted by molar-refractivity contribution is -0.140. The normalized spacial score (nSPS) is 10.5. The van der Waals surface area contributed by atoms with Crippen LogP contribution in [0.5, 0.6) is 0 Å². The molecule has 144 valence electrons. The Balaban J connectivity index is 1.57. The number of ether oxygens (including phenoxy) is 1. The smallest absolute Gasteiger partial charge is 0.306 e. The third-order valence-electron chi connectivity index (χ3n) is 4.00. The minimum absolute atomic E-state index is 0.204. The van der Waals surface area contributed by atoms with Crippen LogP contribution in [0.4, 0.5) is 5.69 Å². The van der Waals surface area contributed by atoms with Gasteiger partial charge in [-0.25, -0.2) is 4.68 Å². The first kappa shape index (κ1) is 19.7. The van der Waals surface area contributed by atoms with Crippen molar-refractivity contribution in [3.63, 3.8) is 0 Å². The van der Waals surface area contributed by atoms with E-state index in [0.717, 1.165) is 22.7 Å². The third kappa shape index (κ3) is 5.47. The van der Waals surface area contributed by atoms with Crippen LogP contribution in [-0.2, 0) is 15.3 Å². The van der Waals surface area contributed by atoms with E-state index < -0.39 is 0 Å². The second-order valence-corrected chi connectivity index (χ2v) is 7.15. The lowest BCUT2D eigenvalue weighted by Crippen LogP contribution is -2.11. The number of para-hydroxylation sites is 1. The summed E-state index contributed by atoms with van der Waals surface area (Å²) in [5.74, 6) is 1.04. The molecule has 0 bridgehead atoms. The summed E-state index contributed by atoms with van der Waals surface area (Å²) in [7, 11) is 1.39. The first-order chi connectivity index (χ1) is 13.7. The molecule has 0 aliphatic carbocycles. The van der Waals surface area contributed by atoms with Crippen LogP contribution in [0.3, 0.4) is 0 Å². The van der Waals surface area contributed by atoms with Gasteiger partial charge in [-0.15, -0.1) is 0 Å². The van der Waals surface area contributed by atoms with Crippen molar-refractivity contribution in [2.75, 3.05) is 18.2 Å². The first-order valence-corrected chi connectivity index (χ1v) is 9.96. The van der Waals surface area contributed by atoms with Crippen LogP contribution in [0.2, 0.25) is 0 Å².